The number of rotatable bonds is 3. The van der Waals surface area contributed by atoms with Crippen LogP contribution < -0.4 is 5.32 Å². The summed E-state index contributed by atoms with van der Waals surface area (Å²) < 4.78 is 29.4. The van der Waals surface area contributed by atoms with Crippen molar-refractivity contribution in [2.24, 2.45) is 0 Å². The van der Waals surface area contributed by atoms with E-state index in [1.165, 1.54) is 6.92 Å². The predicted molar refractivity (Wildman–Crippen MR) is 81.6 cm³/mol. The maximum absolute atomic E-state index is 14.1. The third-order valence-electron chi connectivity index (χ3n) is 3.01. The molecule has 1 unspecified atom stereocenters. The number of hydrogen-bond donors (Lipinski definition) is 1. The zero-order valence-electron chi connectivity index (χ0n) is 10.8. The van der Waals surface area contributed by atoms with Crippen LogP contribution in [0.15, 0.2) is 33.3 Å². The van der Waals surface area contributed by atoms with Crippen LogP contribution in [0.5, 0.6) is 0 Å². The Hall–Kier alpha value is -0.850. The Morgan fingerprint density at radius 3 is 2.50 bits per heavy atom. The number of halogens is 4. The number of pyridine rings is 1. The van der Waals surface area contributed by atoms with Gasteiger partial charge >= 0.3 is 0 Å². The molecule has 1 aromatic heterocycles. The lowest BCUT2D eigenvalue weighted by molar-refractivity contribution is 0.481. The van der Waals surface area contributed by atoms with Crippen molar-refractivity contribution in [1.29, 1.82) is 0 Å². The van der Waals surface area contributed by atoms with Crippen LogP contribution in [0.2, 0.25) is 0 Å². The Morgan fingerprint density at radius 2 is 1.90 bits per heavy atom. The average molecular weight is 406 g/mol. The van der Waals surface area contributed by atoms with Gasteiger partial charge in [0.05, 0.1) is 11.7 Å². The minimum Gasteiger partial charge on any atom is -0.308 e. The van der Waals surface area contributed by atoms with E-state index in [0.717, 1.165) is 4.47 Å². The Bertz CT molecular complexity index is 647. The summed E-state index contributed by atoms with van der Waals surface area (Å²) in [4.78, 5) is 4.27. The molecule has 20 heavy (non-hydrogen) atoms. The molecule has 0 saturated heterocycles. The molecule has 0 amide bonds. The summed E-state index contributed by atoms with van der Waals surface area (Å²) in [7, 11) is 1.68. The van der Waals surface area contributed by atoms with Gasteiger partial charge in [-0.3, -0.25) is 4.98 Å². The lowest BCUT2D eigenvalue weighted by Gasteiger charge is -2.19. The third-order valence-corrected chi connectivity index (χ3v) is 4.08. The summed E-state index contributed by atoms with van der Waals surface area (Å²) in [6.07, 6.45) is 1.62. The van der Waals surface area contributed by atoms with Gasteiger partial charge in [-0.05, 0) is 57.5 Å². The first-order chi connectivity index (χ1) is 9.45. The molecular weight excluding hydrogens is 394 g/mol. The van der Waals surface area contributed by atoms with Crippen molar-refractivity contribution < 1.29 is 8.78 Å². The monoisotopic (exact) mass is 404 g/mol. The maximum atomic E-state index is 14.1. The Balaban J connectivity index is 2.55. The molecule has 0 aliphatic heterocycles. The van der Waals surface area contributed by atoms with Crippen LogP contribution in [0.3, 0.4) is 0 Å². The molecule has 1 aromatic carbocycles. The van der Waals surface area contributed by atoms with Gasteiger partial charge in [-0.1, -0.05) is 12.1 Å². The van der Waals surface area contributed by atoms with Gasteiger partial charge in [0, 0.05) is 20.7 Å². The highest BCUT2D eigenvalue weighted by Gasteiger charge is 2.22. The van der Waals surface area contributed by atoms with Crippen molar-refractivity contribution in [3.63, 3.8) is 0 Å². The van der Waals surface area contributed by atoms with Gasteiger partial charge in [0.1, 0.15) is 0 Å². The van der Waals surface area contributed by atoms with Gasteiger partial charge in [0.25, 0.3) is 0 Å². The van der Waals surface area contributed by atoms with Crippen molar-refractivity contribution in [3.8, 4) is 0 Å². The van der Waals surface area contributed by atoms with E-state index in [1.807, 2.05) is 6.07 Å². The number of nitrogens with one attached hydrogen (secondary N) is 1. The molecule has 2 nitrogen and oxygen atoms in total. The SMILES string of the molecule is CNC(c1ccc(C)c(F)c1F)c1ncc(Br)cc1Br. The van der Waals surface area contributed by atoms with Crippen LogP contribution in [0.4, 0.5) is 8.78 Å². The van der Waals surface area contributed by atoms with Gasteiger partial charge in [-0.25, -0.2) is 8.78 Å². The largest absolute Gasteiger partial charge is 0.308 e. The number of benzene rings is 1. The quantitative estimate of drug-likeness (QED) is 0.812. The molecule has 2 aromatic rings. The Morgan fingerprint density at radius 1 is 1.20 bits per heavy atom. The van der Waals surface area contributed by atoms with Crippen LogP contribution in [0.1, 0.15) is 22.9 Å². The van der Waals surface area contributed by atoms with Crippen molar-refractivity contribution in [3.05, 3.63) is 61.8 Å². The zero-order valence-corrected chi connectivity index (χ0v) is 14.0. The molecule has 6 heteroatoms. The van der Waals surface area contributed by atoms with Crippen LogP contribution in [0, 0.1) is 18.6 Å². The van der Waals surface area contributed by atoms with Crippen LogP contribution in [0.25, 0.3) is 0 Å². The number of nitrogens with zero attached hydrogens (tertiary/aromatic N) is 1. The minimum atomic E-state index is -0.846. The van der Waals surface area contributed by atoms with Crippen LogP contribution in [-0.4, -0.2) is 12.0 Å². The van der Waals surface area contributed by atoms with Gasteiger partial charge in [-0.15, -0.1) is 0 Å². The van der Waals surface area contributed by atoms with E-state index in [1.54, 1.807) is 25.4 Å². The summed E-state index contributed by atoms with van der Waals surface area (Å²) in [6.45, 7) is 1.53. The molecule has 106 valence electrons. The van der Waals surface area contributed by atoms with E-state index in [2.05, 4.69) is 42.2 Å². The molecule has 1 atom stereocenters. The smallest absolute Gasteiger partial charge is 0.164 e. The van der Waals surface area contributed by atoms with E-state index in [0.29, 0.717) is 10.2 Å². The average Bonchev–Trinajstić information content (AvgIpc) is 2.41. The van der Waals surface area contributed by atoms with Crippen LogP contribution >= 0.6 is 31.9 Å². The van der Waals surface area contributed by atoms with E-state index < -0.39 is 17.7 Å². The highest BCUT2D eigenvalue weighted by Crippen LogP contribution is 2.31. The Labute approximate surface area is 132 Å². The molecule has 0 saturated carbocycles. The highest BCUT2D eigenvalue weighted by atomic mass is 79.9. The normalized spacial score (nSPS) is 12.5. The van der Waals surface area contributed by atoms with Gasteiger partial charge < -0.3 is 5.32 Å². The first-order valence-electron chi connectivity index (χ1n) is 5.88. The van der Waals surface area contributed by atoms with Crippen molar-refractivity contribution in [1.82, 2.24) is 10.3 Å². The van der Waals surface area contributed by atoms with Crippen molar-refractivity contribution >= 4 is 31.9 Å². The van der Waals surface area contributed by atoms with Crippen molar-refractivity contribution in [2.45, 2.75) is 13.0 Å². The highest BCUT2D eigenvalue weighted by molar-refractivity contribution is 9.11. The topological polar surface area (TPSA) is 24.9 Å². The van der Waals surface area contributed by atoms with Gasteiger partial charge in [0.15, 0.2) is 11.6 Å². The number of aryl methyl sites for hydroxylation is 1. The molecule has 1 heterocycles. The molecule has 0 aliphatic carbocycles. The predicted octanol–water partition coefficient (Wildman–Crippen LogP) is 4.50. The molecule has 2 rings (SSSR count). The fourth-order valence-electron chi connectivity index (χ4n) is 1.96. The van der Waals surface area contributed by atoms with Crippen molar-refractivity contribution in [2.75, 3.05) is 7.05 Å². The minimum absolute atomic E-state index is 0.228. The first kappa shape index (κ1) is 15.5. The lowest BCUT2D eigenvalue weighted by atomic mass is 10.0. The summed E-state index contributed by atoms with van der Waals surface area (Å²) in [6, 6.07) is 4.41. The molecule has 1 N–H and O–H groups in total. The number of aromatic nitrogens is 1. The molecule has 0 radical (unpaired) electrons. The standard InChI is InChI=1S/C14H12Br2F2N2/c1-7-3-4-9(12(18)11(7)17)13(19-2)14-10(16)5-8(15)6-20-14/h3-6,13,19H,1-2H3. The number of hydrogen-bond acceptors (Lipinski definition) is 2. The second-order valence-electron chi connectivity index (χ2n) is 4.34. The second kappa shape index (κ2) is 6.28. The maximum Gasteiger partial charge on any atom is 0.164 e. The second-order valence-corrected chi connectivity index (χ2v) is 6.11. The summed E-state index contributed by atoms with van der Waals surface area (Å²) >= 11 is 6.71. The molecule has 0 bridgehead atoms. The van der Waals surface area contributed by atoms with E-state index >= 15 is 0 Å². The molecule has 0 aliphatic rings. The Kier molecular flexibility index (Phi) is 4.88. The summed E-state index contributed by atoms with van der Waals surface area (Å²) in [5.41, 5.74) is 1.10. The summed E-state index contributed by atoms with van der Waals surface area (Å²) in [5.74, 6) is -1.67. The third kappa shape index (κ3) is 2.92. The lowest BCUT2D eigenvalue weighted by Crippen LogP contribution is -2.21. The molecular formula is C14H12Br2F2N2. The fourth-order valence-corrected chi connectivity index (χ4v) is 3.18. The molecule has 0 spiro atoms. The first-order valence-corrected chi connectivity index (χ1v) is 7.47. The van der Waals surface area contributed by atoms with Gasteiger partial charge in [0.2, 0.25) is 0 Å². The van der Waals surface area contributed by atoms with Crippen LogP contribution in [-0.2, 0) is 0 Å². The van der Waals surface area contributed by atoms with E-state index in [-0.39, 0.29) is 11.1 Å². The van der Waals surface area contributed by atoms with E-state index in [9.17, 15) is 8.78 Å². The fraction of sp³-hybridized carbons (Fsp3) is 0.214. The van der Waals surface area contributed by atoms with E-state index in [4.69, 9.17) is 0 Å². The molecule has 0 fully saturated rings. The zero-order chi connectivity index (χ0) is 14.9. The summed E-state index contributed by atoms with van der Waals surface area (Å²) in [5, 5.41) is 2.97. The van der Waals surface area contributed by atoms with Gasteiger partial charge in [-0.2, -0.15) is 0 Å².